The molecule has 0 bridgehead atoms. The van der Waals surface area contributed by atoms with Crippen LogP contribution in [0.5, 0.6) is 0 Å². The molecule has 0 radical (unpaired) electrons. The van der Waals surface area contributed by atoms with Crippen molar-refractivity contribution in [1.29, 1.82) is 0 Å². The number of nitrogens with zero attached hydrogens (tertiary/aromatic N) is 3. The second-order valence-electron chi connectivity index (χ2n) is 5.87. The van der Waals surface area contributed by atoms with Gasteiger partial charge in [-0.25, -0.2) is 0 Å². The van der Waals surface area contributed by atoms with E-state index < -0.39 is 0 Å². The van der Waals surface area contributed by atoms with E-state index in [0.29, 0.717) is 27.3 Å². The Morgan fingerprint density at radius 1 is 0.889 bits per heavy atom. The Bertz CT molecular complexity index is 1170. The number of aromatic nitrogens is 2. The van der Waals surface area contributed by atoms with Crippen molar-refractivity contribution in [1.82, 2.24) is 9.78 Å². The average molecular weight is 375 g/mol. The molecule has 0 spiro atoms. The second-order valence-corrected chi connectivity index (χ2v) is 6.30. The number of benzene rings is 3. The molecule has 3 aromatic carbocycles. The number of hydrogen-bond acceptors (Lipinski definition) is 4. The van der Waals surface area contributed by atoms with Crippen LogP contribution in [-0.2, 0) is 0 Å². The number of para-hydroxylation sites is 1. The van der Waals surface area contributed by atoms with Gasteiger partial charge in [0, 0.05) is 10.4 Å². The fraction of sp³-hybridized carbons (Fsp3) is 0. The van der Waals surface area contributed by atoms with Crippen molar-refractivity contribution >= 4 is 34.4 Å². The van der Waals surface area contributed by atoms with Gasteiger partial charge < -0.3 is 0 Å². The molecule has 0 aliphatic rings. The van der Waals surface area contributed by atoms with Crippen molar-refractivity contribution in [2.75, 3.05) is 5.43 Å². The zero-order valence-electron chi connectivity index (χ0n) is 14.2. The lowest BCUT2D eigenvalue weighted by molar-refractivity contribution is 0.823. The molecule has 1 N–H and O–H groups in total. The van der Waals surface area contributed by atoms with Gasteiger partial charge in [-0.15, -0.1) is 5.10 Å². The van der Waals surface area contributed by atoms with Gasteiger partial charge in [-0.2, -0.15) is 9.78 Å². The van der Waals surface area contributed by atoms with Crippen molar-refractivity contribution in [3.8, 4) is 5.69 Å². The number of halogens is 1. The van der Waals surface area contributed by atoms with Crippen LogP contribution in [0.15, 0.2) is 88.8 Å². The molecule has 0 atom stereocenters. The van der Waals surface area contributed by atoms with Crippen LogP contribution in [0.2, 0.25) is 5.02 Å². The summed E-state index contributed by atoms with van der Waals surface area (Å²) in [5, 5.41) is 10.7. The number of anilines is 1. The van der Waals surface area contributed by atoms with Crippen molar-refractivity contribution in [2.45, 2.75) is 0 Å². The van der Waals surface area contributed by atoms with Crippen molar-refractivity contribution in [2.24, 2.45) is 5.10 Å². The van der Waals surface area contributed by atoms with E-state index in [0.717, 1.165) is 5.56 Å². The largest absolute Gasteiger partial charge is 0.279 e. The van der Waals surface area contributed by atoms with Crippen molar-refractivity contribution in [3.05, 3.63) is 99.8 Å². The second kappa shape index (κ2) is 7.43. The standard InChI is InChI=1S/C21H15ClN4O/c22-16-12-10-15(11-13-16)14-23-24-20-18-8-4-5-9-19(18)21(27)26(25-20)17-6-2-1-3-7-17/h1-14H,(H,24,25)/b23-14+. The Kier molecular flexibility index (Phi) is 4.68. The van der Waals surface area contributed by atoms with E-state index in [2.05, 4.69) is 15.6 Å². The summed E-state index contributed by atoms with van der Waals surface area (Å²) in [6.07, 6.45) is 1.67. The minimum Gasteiger partial charge on any atom is -0.267 e. The molecule has 0 fully saturated rings. The smallest absolute Gasteiger partial charge is 0.267 e. The van der Waals surface area contributed by atoms with Crippen molar-refractivity contribution in [3.63, 3.8) is 0 Å². The summed E-state index contributed by atoms with van der Waals surface area (Å²) in [5.74, 6) is 0.499. The summed E-state index contributed by atoms with van der Waals surface area (Å²) in [6, 6.07) is 24.0. The predicted octanol–water partition coefficient (Wildman–Crippen LogP) is 4.49. The Labute approximate surface area is 160 Å². The minimum absolute atomic E-state index is 0.177. The van der Waals surface area contributed by atoms with Crippen LogP contribution in [0.1, 0.15) is 5.56 Å². The number of rotatable bonds is 4. The van der Waals surface area contributed by atoms with Crippen LogP contribution in [0.3, 0.4) is 0 Å². The van der Waals surface area contributed by atoms with Gasteiger partial charge in [-0.05, 0) is 35.9 Å². The summed E-state index contributed by atoms with van der Waals surface area (Å²) in [4.78, 5) is 12.8. The molecular weight excluding hydrogens is 360 g/mol. The maximum absolute atomic E-state index is 12.8. The molecule has 4 aromatic rings. The highest BCUT2D eigenvalue weighted by atomic mass is 35.5. The first kappa shape index (κ1) is 17.0. The van der Waals surface area contributed by atoms with Gasteiger partial charge in [0.05, 0.1) is 17.3 Å². The zero-order valence-corrected chi connectivity index (χ0v) is 15.0. The van der Waals surface area contributed by atoms with Crippen LogP contribution in [0, 0.1) is 0 Å². The Balaban J connectivity index is 1.76. The topological polar surface area (TPSA) is 59.3 Å². The zero-order chi connectivity index (χ0) is 18.6. The molecule has 0 aliphatic heterocycles. The van der Waals surface area contributed by atoms with E-state index in [1.807, 2.05) is 60.7 Å². The van der Waals surface area contributed by atoms with Crippen LogP contribution in [-0.4, -0.2) is 16.0 Å². The first-order chi connectivity index (χ1) is 13.2. The molecule has 6 heteroatoms. The van der Waals surface area contributed by atoms with E-state index in [4.69, 9.17) is 11.6 Å². The third kappa shape index (κ3) is 3.59. The Morgan fingerprint density at radius 3 is 2.30 bits per heavy atom. The lowest BCUT2D eigenvalue weighted by Crippen LogP contribution is -2.22. The maximum atomic E-state index is 12.8. The van der Waals surface area contributed by atoms with Gasteiger partial charge >= 0.3 is 0 Å². The van der Waals surface area contributed by atoms with Crippen LogP contribution in [0.4, 0.5) is 5.82 Å². The van der Waals surface area contributed by atoms with Gasteiger partial charge in [-0.1, -0.05) is 60.1 Å². The number of fused-ring (bicyclic) bond motifs is 1. The van der Waals surface area contributed by atoms with Gasteiger partial charge in [0.1, 0.15) is 0 Å². The van der Waals surface area contributed by atoms with Gasteiger partial charge in [-0.3, -0.25) is 10.2 Å². The quantitative estimate of drug-likeness (QED) is 0.423. The third-order valence-electron chi connectivity index (χ3n) is 4.06. The van der Waals surface area contributed by atoms with Crippen LogP contribution < -0.4 is 11.0 Å². The minimum atomic E-state index is -0.177. The molecule has 0 amide bonds. The lowest BCUT2D eigenvalue weighted by atomic mass is 10.2. The highest BCUT2D eigenvalue weighted by Gasteiger charge is 2.10. The Hall–Kier alpha value is -3.44. The van der Waals surface area contributed by atoms with E-state index in [1.165, 1.54) is 4.68 Å². The molecule has 5 nitrogen and oxygen atoms in total. The number of hydrazone groups is 1. The molecule has 1 heterocycles. The molecule has 27 heavy (non-hydrogen) atoms. The highest BCUT2D eigenvalue weighted by molar-refractivity contribution is 6.30. The molecule has 4 rings (SSSR count). The van der Waals surface area contributed by atoms with Gasteiger partial charge in [0.25, 0.3) is 5.56 Å². The van der Waals surface area contributed by atoms with E-state index in [1.54, 1.807) is 24.4 Å². The molecule has 1 aromatic heterocycles. The first-order valence-corrected chi connectivity index (χ1v) is 8.72. The normalized spacial score (nSPS) is 11.1. The predicted molar refractivity (Wildman–Crippen MR) is 110 cm³/mol. The molecule has 0 saturated carbocycles. The fourth-order valence-electron chi connectivity index (χ4n) is 2.73. The highest BCUT2D eigenvalue weighted by Crippen LogP contribution is 2.19. The summed E-state index contributed by atoms with van der Waals surface area (Å²) >= 11 is 5.89. The van der Waals surface area contributed by atoms with Crippen LogP contribution in [0.25, 0.3) is 16.5 Å². The summed E-state index contributed by atoms with van der Waals surface area (Å²) in [7, 11) is 0. The average Bonchev–Trinajstić information content (AvgIpc) is 2.72. The maximum Gasteiger partial charge on any atom is 0.279 e. The van der Waals surface area contributed by atoms with Crippen LogP contribution >= 0.6 is 11.6 Å². The summed E-state index contributed by atoms with van der Waals surface area (Å²) < 4.78 is 1.38. The number of nitrogens with one attached hydrogen (secondary N) is 1. The summed E-state index contributed by atoms with van der Waals surface area (Å²) in [6.45, 7) is 0. The van der Waals surface area contributed by atoms with E-state index in [-0.39, 0.29) is 5.56 Å². The molecule has 132 valence electrons. The van der Waals surface area contributed by atoms with Gasteiger partial charge in [0.15, 0.2) is 5.82 Å². The van der Waals surface area contributed by atoms with E-state index in [9.17, 15) is 4.79 Å². The SMILES string of the molecule is O=c1c2ccccc2c(N/N=C/c2ccc(Cl)cc2)nn1-c1ccccc1. The first-order valence-electron chi connectivity index (χ1n) is 8.34. The number of hydrogen-bond donors (Lipinski definition) is 1. The molecule has 0 aliphatic carbocycles. The molecule has 0 unspecified atom stereocenters. The molecule has 0 saturated heterocycles. The van der Waals surface area contributed by atoms with E-state index >= 15 is 0 Å². The summed E-state index contributed by atoms with van der Waals surface area (Å²) in [5.41, 5.74) is 4.37. The third-order valence-corrected chi connectivity index (χ3v) is 4.31. The van der Waals surface area contributed by atoms with Gasteiger partial charge in [0.2, 0.25) is 0 Å². The fourth-order valence-corrected chi connectivity index (χ4v) is 2.86. The molecular formula is C21H15ClN4O. The monoisotopic (exact) mass is 374 g/mol. The lowest BCUT2D eigenvalue weighted by Gasteiger charge is -2.10. The Morgan fingerprint density at radius 2 is 1.56 bits per heavy atom. The van der Waals surface area contributed by atoms with Crippen molar-refractivity contribution < 1.29 is 0 Å².